The van der Waals surface area contributed by atoms with E-state index in [1.807, 2.05) is 48.7 Å². The number of amides is 1. The van der Waals surface area contributed by atoms with E-state index in [1.165, 1.54) is 11.3 Å². The fraction of sp³-hybridized carbons (Fsp3) is 0.240. The lowest BCUT2D eigenvalue weighted by Gasteiger charge is -2.39. The summed E-state index contributed by atoms with van der Waals surface area (Å²) in [5.41, 5.74) is 1.92. The highest BCUT2D eigenvalue weighted by molar-refractivity contribution is 7.10. The molecule has 34 heavy (non-hydrogen) atoms. The van der Waals surface area contributed by atoms with Crippen molar-refractivity contribution < 1.29 is 14.3 Å². The Bertz CT molecular complexity index is 1400. The predicted molar refractivity (Wildman–Crippen MR) is 128 cm³/mol. The Morgan fingerprint density at radius 3 is 2.65 bits per heavy atom. The van der Waals surface area contributed by atoms with E-state index in [2.05, 4.69) is 10.3 Å². The number of hydrogen-bond acceptors (Lipinski definition) is 7. The number of anilines is 1. The van der Waals surface area contributed by atoms with E-state index in [0.717, 1.165) is 20.8 Å². The normalized spacial score (nSPS) is 18.3. The van der Waals surface area contributed by atoms with Crippen molar-refractivity contribution in [1.29, 1.82) is 0 Å². The van der Waals surface area contributed by atoms with Crippen molar-refractivity contribution in [3.63, 3.8) is 0 Å². The quantitative estimate of drug-likeness (QED) is 0.408. The third-order valence-electron chi connectivity index (χ3n) is 6.01. The maximum atomic E-state index is 13.3. The number of benzene rings is 2. The van der Waals surface area contributed by atoms with Gasteiger partial charge in [-0.1, -0.05) is 41.1 Å². The second kappa shape index (κ2) is 9.18. The van der Waals surface area contributed by atoms with Crippen LogP contribution in [0.3, 0.4) is 0 Å². The summed E-state index contributed by atoms with van der Waals surface area (Å²) in [6.07, 6.45) is 0.589. The Labute approximate surface area is 199 Å². The van der Waals surface area contributed by atoms with Crippen LogP contribution < -0.4 is 10.5 Å². The molecule has 5 rings (SSSR count). The van der Waals surface area contributed by atoms with Gasteiger partial charge < -0.3 is 9.64 Å². The van der Waals surface area contributed by atoms with Crippen LogP contribution in [-0.2, 0) is 21.1 Å². The average molecular weight is 475 g/mol. The van der Waals surface area contributed by atoms with Crippen LogP contribution >= 0.6 is 11.3 Å². The summed E-state index contributed by atoms with van der Waals surface area (Å²) in [6.45, 7) is 1.64. The van der Waals surface area contributed by atoms with Gasteiger partial charge in [-0.25, -0.2) is 0 Å². The highest BCUT2D eigenvalue weighted by Crippen LogP contribution is 2.42. The standard InChI is InChI=1S/C25H22N4O4S/c1-16-8-10-17(11-9-16)29-22(30)13-12-19(23(29)21-7-4-14-34-21)25(32)33-15-28-24(31)18-5-2-3-6-20(18)26-27-28/h2-11,14,19,23H,12-13,15H2,1H3/t19-,23-/m0/s1. The molecule has 0 saturated carbocycles. The minimum atomic E-state index is -0.582. The molecule has 2 aromatic carbocycles. The minimum Gasteiger partial charge on any atom is -0.442 e. The van der Waals surface area contributed by atoms with Gasteiger partial charge in [0.25, 0.3) is 5.56 Å². The summed E-state index contributed by atoms with van der Waals surface area (Å²) in [6, 6.07) is 17.9. The van der Waals surface area contributed by atoms with Gasteiger partial charge in [0.2, 0.25) is 5.91 Å². The van der Waals surface area contributed by atoms with E-state index in [0.29, 0.717) is 17.3 Å². The van der Waals surface area contributed by atoms with E-state index in [1.54, 1.807) is 29.2 Å². The number of ether oxygens (including phenoxy) is 1. The van der Waals surface area contributed by atoms with Crippen LogP contribution in [-0.4, -0.2) is 26.9 Å². The van der Waals surface area contributed by atoms with E-state index < -0.39 is 17.9 Å². The molecule has 0 radical (unpaired) electrons. The lowest BCUT2D eigenvalue weighted by Crippen LogP contribution is -2.46. The second-order valence-electron chi connectivity index (χ2n) is 8.21. The number of rotatable bonds is 5. The molecular weight excluding hydrogens is 452 g/mol. The monoisotopic (exact) mass is 474 g/mol. The number of thiophene rings is 1. The lowest BCUT2D eigenvalue weighted by atomic mass is 9.87. The third-order valence-corrected chi connectivity index (χ3v) is 6.95. The molecule has 2 aromatic heterocycles. The zero-order valence-electron chi connectivity index (χ0n) is 18.5. The summed E-state index contributed by atoms with van der Waals surface area (Å²) in [5, 5.41) is 10.2. The first-order valence-corrected chi connectivity index (χ1v) is 11.8. The summed E-state index contributed by atoms with van der Waals surface area (Å²) < 4.78 is 6.59. The Kier molecular flexibility index (Phi) is 5.93. The molecule has 1 amide bonds. The van der Waals surface area contributed by atoms with Gasteiger partial charge in [-0.05, 0) is 49.1 Å². The topological polar surface area (TPSA) is 94.4 Å². The van der Waals surface area contributed by atoms with E-state index in [9.17, 15) is 14.4 Å². The molecule has 3 heterocycles. The number of carbonyl (C=O) groups is 2. The van der Waals surface area contributed by atoms with Crippen LogP contribution in [0.15, 0.2) is 70.8 Å². The van der Waals surface area contributed by atoms with Crippen LogP contribution in [0, 0.1) is 12.8 Å². The summed E-state index contributed by atoms with van der Waals surface area (Å²) in [4.78, 5) is 41.6. The van der Waals surface area contributed by atoms with Crippen LogP contribution in [0.25, 0.3) is 10.9 Å². The maximum absolute atomic E-state index is 13.3. The zero-order chi connectivity index (χ0) is 23.7. The van der Waals surface area contributed by atoms with Gasteiger partial charge in [0.1, 0.15) is 5.52 Å². The van der Waals surface area contributed by atoms with Gasteiger partial charge in [0.15, 0.2) is 6.73 Å². The molecule has 1 fully saturated rings. The zero-order valence-corrected chi connectivity index (χ0v) is 19.3. The molecule has 9 heteroatoms. The smallest absolute Gasteiger partial charge is 0.313 e. The number of carbonyl (C=O) groups excluding carboxylic acids is 2. The third kappa shape index (κ3) is 4.10. The van der Waals surface area contributed by atoms with Crippen molar-refractivity contribution >= 4 is 39.8 Å². The SMILES string of the molecule is Cc1ccc(N2C(=O)CC[C@H](C(=O)OCn3nnc4ccccc4c3=O)[C@H]2c2cccs2)cc1. The van der Waals surface area contributed by atoms with Crippen molar-refractivity contribution in [2.24, 2.45) is 5.92 Å². The number of aromatic nitrogens is 3. The molecule has 4 aromatic rings. The van der Waals surface area contributed by atoms with Crippen molar-refractivity contribution in [3.05, 3.63) is 86.8 Å². The first kappa shape index (κ1) is 22.0. The van der Waals surface area contributed by atoms with Gasteiger partial charge >= 0.3 is 5.97 Å². The molecule has 0 aliphatic carbocycles. The Balaban J connectivity index is 1.43. The number of hydrogen-bond donors (Lipinski definition) is 0. The molecule has 0 unspecified atom stereocenters. The van der Waals surface area contributed by atoms with Gasteiger partial charge in [-0.2, -0.15) is 4.68 Å². The summed E-state index contributed by atoms with van der Waals surface area (Å²) >= 11 is 1.49. The predicted octanol–water partition coefficient (Wildman–Crippen LogP) is 3.85. The largest absolute Gasteiger partial charge is 0.442 e. The molecule has 0 spiro atoms. The molecule has 0 bridgehead atoms. The Morgan fingerprint density at radius 2 is 1.88 bits per heavy atom. The highest BCUT2D eigenvalue weighted by atomic mass is 32.1. The van der Waals surface area contributed by atoms with Gasteiger partial charge in [0, 0.05) is 17.0 Å². The molecule has 1 aliphatic rings. The van der Waals surface area contributed by atoms with Crippen LogP contribution in [0.2, 0.25) is 0 Å². The van der Waals surface area contributed by atoms with Gasteiger partial charge in [0.05, 0.1) is 17.3 Å². The number of aryl methyl sites for hydroxylation is 1. The van der Waals surface area contributed by atoms with E-state index in [-0.39, 0.29) is 24.6 Å². The number of nitrogens with zero attached hydrogens (tertiary/aromatic N) is 4. The highest BCUT2D eigenvalue weighted by Gasteiger charge is 2.42. The van der Waals surface area contributed by atoms with Crippen molar-refractivity contribution in [1.82, 2.24) is 15.0 Å². The summed E-state index contributed by atoms with van der Waals surface area (Å²) in [7, 11) is 0. The molecule has 172 valence electrons. The molecular formula is C25H22N4O4S. The van der Waals surface area contributed by atoms with E-state index in [4.69, 9.17) is 4.74 Å². The second-order valence-corrected chi connectivity index (χ2v) is 9.19. The molecule has 8 nitrogen and oxygen atoms in total. The van der Waals surface area contributed by atoms with Crippen molar-refractivity contribution in [2.75, 3.05) is 4.90 Å². The fourth-order valence-electron chi connectivity index (χ4n) is 4.27. The lowest BCUT2D eigenvalue weighted by molar-refractivity contribution is -0.155. The van der Waals surface area contributed by atoms with Crippen LogP contribution in [0.1, 0.15) is 29.3 Å². The first-order valence-electron chi connectivity index (χ1n) is 10.9. The fourth-order valence-corrected chi connectivity index (χ4v) is 5.15. The minimum absolute atomic E-state index is 0.0390. The van der Waals surface area contributed by atoms with Crippen molar-refractivity contribution in [2.45, 2.75) is 32.5 Å². The molecule has 0 N–H and O–H groups in total. The van der Waals surface area contributed by atoms with Gasteiger partial charge in [-0.3, -0.25) is 14.4 Å². The summed E-state index contributed by atoms with van der Waals surface area (Å²) in [5.74, 6) is -1.10. The number of piperidine rings is 1. The molecule has 1 saturated heterocycles. The molecule has 1 aliphatic heterocycles. The number of fused-ring (bicyclic) bond motifs is 1. The Morgan fingerprint density at radius 1 is 1.09 bits per heavy atom. The average Bonchev–Trinajstić information content (AvgIpc) is 3.39. The molecule has 2 atom stereocenters. The van der Waals surface area contributed by atoms with Crippen molar-refractivity contribution in [3.8, 4) is 0 Å². The number of esters is 1. The maximum Gasteiger partial charge on any atom is 0.313 e. The van der Waals surface area contributed by atoms with Crippen LogP contribution in [0.5, 0.6) is 0 Å². The van der Waals surface area contributed by atoms with E-state index >= 15 is 0 Å². The van der Waals surface area contributed by atoms with Gasteiger partial charge in [-0.15, -0.1) is 16.4 Å². The first-order chi connectivity index (χ1) is 16.5. The van der Waals surface area contributed by atoms with Crippen LogP contribution in [0.4, 0.5) is 5.69 Å². The Hall–Kier alpha value is -3.85.